The minimum Gasteiger partial charge on any atom is -0.507 e. The molecule has 1 atom stereocenters. The van der Waals surface area contributed by atoms with Crippen molar-refractivity contribution in [1.29, 1.82) is 0 Å². The van der Waals surface area contributed by atoms with Gasteiger partial charge in [0.05, 0.1) is 7.11 Å². The molecule has 0 aromatic heterocycles. The summed E-state index contributed by atoms with van der Waals surface area (Å²) in [5.41, 5.74) is -1.68. The number of benzene rings is 1. The monoisotopic (exact) mass is 266 g/mol. The van der Waals surface area contributed by atoms with Gasteiger partial charge in [0.15, 0.2) is 11.4 Å². The van der Waals surface area contributed by atoms with E-state index in [1.54, 1.807) is 6.92 Å². The molecule has 0 saturated carbocycles. The number of hydrogen-bond donors (Lipinski definition) is 2. The third-order valence-corrected chi connectivity index (χ3v) is 3.35. The van der Waals surface area contributed by atoms with E-state index in [4.69, 9.17) is 9.47 Å². The van der Waals surface area contributed by atoms with E-state index in [1.807, 2.05) is 0 Å². The molecule has 0 bridgehead atoms. The zero-order valence-corrected chi connectivity index (χ0v) is 10.8. The highest BCUT2D eigenvalue weighted by Crippen LogP contribution is 2.42. The Kier molecular flexibility index (Phi) is 2.98. The topological polar surface area (TPSA) is 93.1 Å². The van der Waals surface area contributed by atoms with Crippen molar-refractivity contribution in [2.75, 3.05) is 13.7 Å². The molecule has 0 radical (unpaired) electrons. The highest BCUT2D eigenvalue weighted by molar-refractivity contribution is 6.01. The number of phenols is 1. The number of hydrogen-bond acceptors (Lipinski definition) is 6. The number of carbonyl (C=O) groups is 2. The molecule has 6 nitrogen and oxygen atoms in total. The fourth-order valence-electron chi connectivity index (χ4n) is 2.27. The van der Waals surface area contributed by atoms with Crippen molar-refractivity contribution in [2.45, 2.75) is 19.4 Å². The van der Waals surface area contributed by atoms with E-state index in [2.05, 4.69) is 0 Å². The van der Waals surface area contributed by atoms with Gasteiger partial charge in [0.1, 0.15) is 23.7 Å². The fourth-order valence-corrected chi connectivity index (χ4v) is 2.27. The van der Waals surface area contributed by atoms with Crippen molar-refractivity contribution >= 4 is 11.8 Å². The number of Topliss-reactive ketones (excluding diaryl/α,β-unsaturated/α-hetero) is 1. The second-order valence-corrected chi connectivity index (χ2v) is 4.47. The Labute approximate surface area is 109 Å². The Morgan fingerprint density at radius 3 is 2.68 bits per heavy atom. The molecule has 0 spiro atoms. The van der Waals surface area contributed by atoms with Crippen LogP contribution in [0.2, 0.25) is 0 Å². The number of esters is 1. The minimum absolute atomic E-state index is 0.0492. The van der Waals surface area contributed by atoms with E-state index in [-0.39, 0.29) is 22.6 Å². The maximum Gasteiger partial charge on any atom is 0.342 e. The lowest BCUT2D eigenvalue weighted by Crippen LogP contribution is -2.45. The smallest absolute Gasteiger partial charge is 0.342 e. The second-order valence-electron chi connectivity index (χ2n) is 4.47. The molecule has 1 heterocycles. The van der Waals surface area contributed by atoms with E-state index < -0.39 is 24.0 Å². The van der Waals surface area contributed by atoms with Gasteiger partial charge in [0.25, 0.3) is 0 Å². The predicted octanol–water partition coefficient (Wildman–Crippen LogP) is 0.656. The molecule has 1 unspecified atom stereocenters. The SMILES string of the molecule is COc1cc(O)c2c(c1C)C(O)(C(C)=O)COC2=O. The number of phenolic OH excluding ortho intramolecular Hbond substituents is 1. The molecule has 0 amide bonds. The van der Waals surface area contributed by atoms with Crippen LogP contribution in [-0.4, -0.2) is 35.7 Å². The summed E-state index contributed by atoms with van der Waals surface area (Å²) in [6, 6.07) is 1.25. The van der Waals surface area contributed by atoms with Crippen LogP contribution in [0, 0.1) is 6.92 Å². The second kappa shape index (κ2) is 4.24. The lowest BCUT2D eigenvalue weighted by Gasteiger charge is -2.33. The largest absolute Gasteiger partial charge is 0.507 e. The Bertz CT molecular complexity index is 577. The highest BCUT2D eigenvalue weighted by atomic mass is 16.5. The maximum atomic E-state index is 11.7. The van der Waals surface area contributed by atoms with Crippen molar-refractivity contribution < 1.29 is 29.3 Å². The van der Waals surface area contributed by atoms with Gasteiger partial charge in [0.2, 0.25) is 0 Å². The summed E-state index contributed by atoms with van der Waals surface area (Å²) in [6.45, 7) is 2.32. The molecule has 102 valence electrons. The predicted molar refractivity (Wildman–Crippen MR) is 64.3 cm³/mol. The van der Waals surface area contributed by atoms with E-state index in [0.29, 0.717) is 5.56 Å². The number of ether oxygens (including phenoxy) is 2. The van der Waals surface area contributed by atoms with Crippen LogP contribution in [0.4, 0.5) is 0 Å². The average Bonchev–Trinajstić information content (AvgIpc) is 2.36. The minimum atomic E-state index is -1.96. The summed E-state index contributed by atoms with van der Waals surface area (Å²) in [5, 5.41) is 20.3. The Morgan fingerprint density at radius 1 is 1.53 bits per heavy atom. The fraction of sp³-hybridized carbons (Fsp3) is 0.385. The van der Waals surface area contributed by atoms with E-state index in [1.165, 1.54) is 20.1 Å². The summed E-state index contributed by atoms with van der Waals surface area (Å²) < 4.78 is 9.85. The maximum absolute atomic E-state index is 11.7. The lowest BCUT2D eigenvalue weighted by atomic mass is 9.81. The van der Waals surface area contributed by atoms with Crippen molar-refractivity contribution in [3.05, 3.63) is 22.8 Å². The van der Waals surface area contributed by atoms with Gasteiger partial charge in [0, 0.05) is 11.6 Å². The highest BCUT2D eigenvalue weighted by Gasteiger charge is 2.46. The third kappa shape index (κ3) is 1.76. The number of aromatic hydroxyl groups is 1. The van der Waals surface area contributed by atoms with Crippen LogP contribution in [0.1, 0.15) is 28.4 Å². The Hall–Kier alpha value is -2.08. The van der Waals surface area contributed by atoms with Gasteiger partial charge in [-0.05, 0) is 19.4 Å². The molecule has 1 aliphatic heterocycles. The molecule has 0 aliphatic carbocycles. The van der Waals surface area contributed by atoms with Crippen LogP contribution in [-0.2, 0) is 15.1 Å². The van der Waals surface area contributed by atoms with E-state index in [9.17, 15) is 19.8 Å². The summed E-state index contributed by atoms with van der Waals surface area (Å²) >= 11 is 0. The molecule has 19 heavy (non-hydrogen) atoms. The molecule has 1 aromatic carbocycles. The van der Waals surface area contributed by atoms with Gasteiger partial charge in [-0.3, -0.25) is 4.79 Å². The zero-order valence-electron chi connectivity index (χ0n) is 10.8. The van der Waals surface area contributed by atoms with Crippen LogP contribution >= 0.6 is 0 Å². The first-order valence-corrected chi connectivity index (χ1v) is 5.64. The first-order chi connectivity index (χ1) is 8.82. The molecule has 0 saturated heterocycles. The number of cyclic esters (lactones) is 1. The molecule has 0 fully saturated rings. The third-order valence-electron chi connectivity index (χ3n) is 3.35. The van der Waals surface area contributed by atoms with Gasteiger partial charge in [-0.25, -0.2) is 4.79 Å². The molecule has 2 N–H and O–H groups in total. The summed E-state index contributed by atoms with van der Waals surface area (Å²) in [7, 11) is 1.39. The van der Waals surface area contributed by atoms with Crippen LogP contribution in [0.25, 0.3) is 0 Å². The Morgan fingerprint density at radius 2 is 2.16 bits per heavy atom. The van der Waals surface area contributed by atoms with Gasteiger partial charge >= 0.3 is 5.97 Å². The number of aliphatic hydroxyl groups is 1. The first-order valence-electron chi connectivity index (χ1n) is 5.64. The van der Waals surface area contributed by atoms with Crippen LogP contribution in [0.5, 0.6) is 11.5 Å². The standard InChI is InChI=1S/C13H14O6/c1-6-9(18-3)4-8(15)10-11(6)13(17,7(2)14)5-19-12(10)16/h4,15,17H,5H2,1-3H3. The summed E-state index contributed by atoms with van der Waals surface area (Å²) in [4.78, 5) is 23.4. The molecular weight excluding hydrogens is 252 g/mol. The van der Waals surface area contributed by atoms with Gasteiger partial charge in [-0.15, -0.1) is 0 Å². The van der Waals surface area contributed by atoms with Crippen molar-refractivity contribution in [3.8, 4) is 11.5 Å². The van der Waals surface area contributed by atoms with Crippen molar-refractivity contribution in [1.82, 2.24) is 0 Å². The van der Waals surface area contributed by atoms with Crippen molar-refractivity contribution in [2.24, 2.45) is 0 Å². The number of carbonyl (C=O) groups excluding carboxylic acids is 2. The summed E-state index contributed by atoms with van der Waals surface area (Å²) in [6.07, 6.45) is 0. The Balaban J connectivity index is 2.85. The number of rotatable bonds is 2. The van der Waals surface area contributed by atoms with E-state index >= 15 is 0 Å². The number of methoxy groups -OCH3 is 1. The zero-order chi connectivity index (χ0) is 14.4. The van der Waals surface area contributed by atoms with Gasteiger partial charge < -0.3 is 19.7 Å². The normalized spacial score (nSPS) is 21.6. The van der Waals surface area contributed by atoms with Gasteiger partial charge in [-0.2, -0.15) is 0 Å². The average molecular weight is 266 g/mol. The first kappa shape index (κ1) is 13.4. The summed E-state index contributed by atoms with van der Waals surface area (Å²) in [5.74, 6) is -1.45. The van der Waals surface area contributed by atoms with E-state index in [0.717, 1.165) is 0 Å². The molecule has 1 aliphatic rings. The molecule has 1 aromatic rings. The van der Waals surface area contributed by atoms with Crippen LogP contribution < -0.4 is 4.74 Å². The lowest BCUT2D eigenvalue weighted by molar-refractivity contribution is -0.142. The number of ketones is 1. The van der Waals surface area contributed by atoms with Crippen LogP contribution in [0.3, 0.4) is 0 Å². The number of fused-ring (bicyclic) bond motifs is 1. The van der Waals surface area contributed by atoms with Crippen molar-refractivity contribution in [3.63, 3.8) is 0 Å². The van der Waals surface area contributed by atoms with Gasteiger partial charge in [-0.1, -0.05) is 0 Å². The molecular formula is C13H14O6. The molecule has 6 heteroatoms. The quantitative estimate of drug-likeness (QED) is 0.764. The molecule has 2 rings (SSSR count). The van der Waals surface area contributed by atoms with Crippen LogP contribution in [0.15, 0.2) is 6.07 Å².